The number of halogens is 1. The van der Waals surface area contributed by atoms with Crippen molar-refractivity contribution in [3.05, 3.63) is 41.6 Å². The van der Waals surface area contributed by atoms with Crippen molar-refractivity contribution in [2.45, 2.75) is 24.3 Å². The maximum Gasteiger partial charge on any atom is 0.139 e. The van der Waals surface area contributed by atoms with Gasteiger partial charge in [0.25, 0.3) is 0 Å². The van der Waals surface area contributed by atoms with Crippen molar-refractivity contribution in [2.24, 2.45) is 0 Å². The van der Waals surface area contributed by atoms with Crippen LogP contribution in [0.3, 0.4) is 0 Å². The first-order valence-electron chi connectivity index (χ1n) is 8.49. The van der Waals surface area contributed by atoms with Crippen molar-refractivity contribution < 1.29 is 5.11 Å². The number of nitrogens with one attached hydrogen (secondary N) is 1. The Hall–Kier alpha value is -1.69. The molecule has 1 fully saturated rings. The van der Waals surface area contributed by atoms with Crippen LogP contribution in [0.15, 0.2) is 41.4 Å². The molecule has 1 unspecified atom stereocenters. The van der Waals surface area contributed by atoms with Gasteiger partial charge in [0.1, 0.15) is 5.65 Å². The number of β-amino-alcohol motifs (C(OH)–C–C–N with tert-alkyl or cyclic N) is 1. The summed E-state index contributed by atoms with van der Waals surface area (Å²) in [7, 11) is 0. The molecule has 2 aromatic heterocycles. The molecule has 2 N–H and O–H groups in total. The van der Waals surface area contributed by atoms with E-state index in [1.165, 1.54) is 4.90 Å². The van der Waals surface area contributed by atoms with Crippen LogP contribution >= 0.6 is 23.4 Å². The molecule has 1 saturated heterocycles. The maximum absolute atomic E-state index is 9.93. The standard InChI is InChI=1S/C19H20ClN3OS/c1-2-25-13-3-4-18(23-8-6-12(24)11-23)15(9-13)17-10-14-16(20)5-7-21-19(14)22-17/h3-5,7,9-10,12,24H,2,6,8,11H2,1H3,(H,21,22). The second-order valence-electron chi connectivity index (χ2n) is 6.24. The summed E-state index contributed by atoms with van der Waals surface area (Å²) in [5, 5.41) is 11.6. The summed E-state index contributed by atoms with van der Waals surface area (Å²) in [5.41, 5.74) is 4.07. The van der Waals surface area contributed by atoms with Crippen LogP contribution in [0.4, 0.5) is 5.69 Å². The van der Waals surface area contributed by atoms with Gasteiger partial charge in [0, 0.05) is 46.5 Å². The van der Waals surface area contributed by atoms with Crippen molar-refractivity contribution in [1.82, 2.24) is 9.97 Å². The predicted molar refractivity (Wildman–Crippen MR) is 106 cm³/mol. The molecular formula is C19H20ClN3OS. The van der Waals surface area contributed by atoms with Crippen LogP contribution in [0.25, 0.3) is 22.3 Å². The van der Waals surface area contributed by atoms with Gasteiger partial charge in [0.15, 0.2) is 0 Å². The first-order valence-corrected chi connectivity index (χ1v) is 9.85. The average molecular weight is 374 g/mol. The van der Waals surface area contributed by atoms with Crippen LogP contribution in [0.2, 0.25) is 5.02 Å². The van der Waals surface area contributed by atoms with E-state index < -0.39 is 0 Å². The number of anilines is 1. The molecule has 3 heterocycles. The monoisotopic (exact) mass is 373 g/mol. The summed E-state index contributed by atoms with van der Waals surface area (Å²) in [6.07, 6.45) is 2.27. The average Bonchev–Trinajstić information content (AvgIpc) is 3.22. The van der Waals surface area contributed by atoms with Gasteiger partial charge in [-0.2, -0.15) is 0 Å². The summed E-state index contributed by atoms with van der Waals surface area (Å²) < 4.78 is 0. The number of rotatable bonds is 4. The van der Waals surface area contributed by atoms with Crippen LogP contribution < -0.4 is 4.90 Å². The number of aliphatic hydroxyl groups is 1. The Bertz CT molecular complexity index is 911. The number of fused-ring (bicyclic) bond motifs is 1. The number of benzene rings is 1. The molecule has 0 spiro atoms. The SMILES string of the molecule is CCSc1ccc(N2CCC(O)C2)c(-c2cc3c(Cl)ccnc3[nH]2)c1. The molecule has 0 saturated carbocycles. The number of aromatic nitrogens is 2. The molecule has 3 aromatic rings. The third-order valence-electron chi connectivity index (χ3n) is 4.55. The lowest BCUT2D eigenvalue weighted by Crippen LogP contribution is -2.21. The molecule has 1 aliphatic heterocycles. The van der Waals surface area contributed by atoms with Crippen LogP contribution in [-0.4, -0.2) is 40.0 Å². The van der Waals surface area contributed by atoms with Gasteiger partial charge in [-0.3, -0.25) is 0 Å². The highest BCUT2D eigenvalue weighted by atomic mass is 35.5. The fraction of sp³-hybridized carbons (Fsp3) is 0.316. The quantitative estimate of drug-likeness (QED) is 0.658. The number of hydrogen-bond donors (Lipinski definition) is 2. The molecule has 1 aliphatic rings. The van der Waals surface area contributed by atoms with Crippen molar-refractivity contribution in [3.8, 4) is 11.3 Å². The fourth-order valence-electron chi connectivity index (χ4n) is 3.36. The molecular weight excluding hydrogens is 354 g/mol. The Labute approximate surface area is 156 Å². The zero-order valence-corrected chi connectivity index (χ0v) is 15.6. The zero-order valence-electron chi connectivity index (χ0n) is 14.0. The van der Waals surface area contributed by atoms with Crippen LogP contribution in [0.1, 0.15) is 13.3 Å². The minimum absolute atomic E-state index is 0.253. The number of aromatic amines is 1. The number of nitrogens with zero attached hydrogens (tertiary/aromatic N) is 2. The van der Waals surface area contributed by atoms with Gasteiger partial charge in [-0.1, -0.05) is 18.5 Å². The topological polar surface area (TPSA) is 52.1 Å². The van der Waals surface area contributed by atoms with E-state index in [0.29, 0.717) is 11.6 Å². The van der Waals surface area contributed by atoms with Crippen LogP contribution in [0, 0.1) is 0 Å². The molecule has 6 heteroatoms. The Morgan fingerprint density at radius 3 is 2.96 bits per heavy atom. The Balaban J connectivity index is 1.84. The minimum Gasteiger partial charge on any atom is -0.391 e. The van der Waals surface area contributed by atoms with Crippen LogP contribution in [0.5, 0.6) is 0 Å². The van der Waals surface area contributed by atoms with E-state index in [-0.39, 0.29) is 6.10 Å². The van der Waals surface area contributed by atoms with E-state index in [1.54, 1.807) is 6.20 Å². The van der Waals surface area contributed by atoms with Crippen molar-refractivity contribution in [3.63, 3.8) is 0 Å². The van der Waals surface area contributed by atoms with E-state index in [4.69, 9.17) is 11.6 Å². The van der Waals surface area contributed by atoms with E-state index in [9.17, 15) is 5.11 Å². The highest BCUT2D eigenvalue weighted by Crippen LogP contribution is 2.37. The molecule has 4 rings (SSSR count). The number of pyridine rings is 1. The summed E-state index contributed by atoms with van der Waals surface area (Å²) in [6.45, 7) is 3.70. The van der Waals surface area contributed by atoms with Crippen molar-refractivity contribution in [2.75, 3.05) is 23.7 Å². The van der Waals surface area contributed by atoms with Gasteiger partial charge in [-0.25, -0.2) is 4.98 Å². The summed E-state index contributed by atoms with van der Waals surface area (Å²) in [6, 6.07) is 10.4. The summed E-state index contributed by atoms with van der Waals surface area (Å²) >= 11 is 8.14. The molecule has 1 atom stereocenters. The smallest absolute Gasteiger partial charge is 0.139 e. The Morgan fingerprint density at radius 1 is 1.36 bits per heavy atom. The highest BCUT2D eigenvalue weighted by Gasteiger charge is 2.23. The van der Waals surface area contributed by atoms with E-state index in [2.05, 4.69) is 46.1 Å². The number of H-pyrrole nitrogens is 1. The van der Waals surface area contributed by atoms with Gasteiger partial charge < -0.3 is 15.0 Å². The molecule has 0 aliphatic carbocycles. The van der Waals surface area contributed by atoms with Crippen LogP contribution in [-0.2, 0) is 0 Å². The third kappa shape index (κ3) is 3.24. The van der Waals surface area contributed by atoms with E-state index in [0.717, 1.165) is 46.7 Å². The first-order chi connectivity index (χ1) is 12.2. The van der Waals surface area contributed by atoms with E-state index in [1.807, 2.05) is 17.8 Å². The van der Waals surface area contributed by atoms with Gasteiger partial charge in [0.2, 0.25) is 0 Å². The van der Waals surface area contributed by atoms with Crippen molar-refractivity contribution >= 4 is 40.1 Å². The van der Waals surface area contributed by atoms with Crippen molar-refractivity contribution in [1.29, 1.82) is 0 Å². The fourth-order valence-corrected chi connectivity index (χ4v) is 4.26. The number of hydrogen-bond acceptors (Lipinski definition) is 4. The third-order valence-corrected chi connectivity index (χ3v) is 5.76. The predicted octanol–water partition coefficient (Wildman–Crippen LogP) is 4.57. The normalized spacial score (nSPS) is 17.6. The first kappa shape index (κ1) is 16.8. The Kier molecular flexibility index (Phi) is 4.63. The molecule has 0 radical (unpaired) electrons. The molecule has 4 nitrogen and oxygen atoms in total. The van der Waals surface area contributed by atoms with Gasteiger partial charge in [-0.15, -0.1) is 11.8 Å². The molecule has 0 amide bonds. The van der Waals surface area contributed by atoms with Gasteiger partial charge >= 0.3 is 0 Å². The summed E-state index contributed by atoms with van der Waals surface area (Å²) in [4.78, 5) is 11.3. The second-order valence-corrected chi connectivity index (χ2v) is 7.98. The maximum atomic E-state index is 9.93. The Morgan fingerprint density at radius 2 is 2.24 bits per heavy atom. The lowest BCUT2D eigenvalue weighted by Gasteiger charge is -2.22. The zero-order chi connectivity index (χ0) is 17.4. The summed E-state index contributed by atoms with van der Waals surface area (Å²) in [5.74, 6) is 1.03. The largest absolute Gasteiger partial charge is 0.391 e. The van der Waals surface area contributed by atoms with Gasteiger partial charge in [-0.05, 0) is 42.5 Å². The molecule has 1 aromatic carbocycles. The minimum atomic E-state index is -0.253. The highest BCUT2D eigenvalue weighted by molar-refractivity contribution is 7.99. The van der Waals surface area contributed by atoms with Gasteiger partial charge in [0.05, 0.1) is 11.1 Å². The lowest BCUT2D eigenvalue weighted by atomic mass is 10.1. The lowest BCUT2D eigenvalue weighted by molar-refractivity contribution is 0.198. The van der Waals surface area contributed by atoms with E-state index >= 15 is 0 Å². The second kappa shape index (κ2) is 6.90. The molecule has 0 bridgehead atoms. The number of aliphatic hydroxyl groups excluding tert-OH is 1. The molecule has 130 valence electrons. The molecule has 25 heavy (non-hydrogen) atoms. The number of thioether (sulfide) groups is 1.